The summed E-state index contributed by atoms with van der Waals surface area (Å²) in [5, 5.41) is 4.91. The summed E-state index contributed by atoms with van der Waals surface area (Å²) in [6.45, 7) is 2.79. The second kappa shape index (κ2) is 8.08. The number of ether oxygens (including phenoxy) is 1. The van der Waals surface area contributed by atoms with Gasteiger partial charge in [-0.1, -0.05) is 12.1 Å². The van der Waals surface area contributed by atoms with Gasteiger partial charge in [0.1, 0.15) is 5.82 Å². The predicted octanol–water partition coefficient (Wildman–Crippen LogP) is 2.81. The first-order valence-electron chi connectivity index (χ1n) is 7.99. The Balaban J connectivity index is 1.59. The number of aromatic nitrogens is 1. The van der Waals surface area contributed by atoms with Gasteiger partial charge in [-0.15, -0.1) is 11.3 Å². The minimum absolute atomic E-state index is 0.121. The highest BCUT2D eigenvalue weighted by Gasteiger charge is 2.15. The molecule has 1 amide bonds. The van der Waals surface area contributed by atoms with E-state index in [4.69, 9.17) is 4.74 Å². The molecule has 3 heterocycles. The summed E-state index contributed by atoms with van der Waals surface area (Å²) >= 11 is 1.78. The minimum atomic E-state index is -0.121. The maximum atomic E-state index is 12.0. The van der Waals surface area contributed by atoms with Crippen LogP contribution in [0.25, 0.3) is 5.57 Å². The number of hydrogen-bond acceptors (Lipinski definition) is 5. The summed E-state index contributed by atoms with van der Waals surface area (Å²) in [5.74, 6) is 0.787. The van der Waals surface area contributed by atoms with E-state index in [9.17, 15) is 4.79 Å². The van der Waals surface area contributed by atoms with Gasteiger partial charge in [0.25, 0.3) is 5.91 Å². The van der Waals surface area contributed by atoms with E-state index in [1.54, 1.807) is 24.6 Å². The van der Waals surface area contributed by atoms with Crippen LogP contribution in [0, 0.1) is 0 Å². The van der Waals surface area contributed by atoms with Gasteiger partial charge in [0.15, 0.2) is 0 Å². The molecule has 0 atom stereocenters. The maximum Gasteiger partial charge on any atom is 0.252 e. The number of carbonyl (C=O) groups is 1. The minimum Gasteiger partial charge on any atom is -0.383 e. The smallest absolute Gasteiger partial charge is 0.252 e. The molecule has 2 aromatic rings. The van der Waals surface area contributed by atoms with Crippen molar-refractivity contribution in [1.29, 1.82) is 0 Å². The Bertz CT molecular complexity index is 696. The van der Waals surface area contributed by atoms with E-state index in [2.05, 4.69) is 38.8 Å². The van der Waals surface area contributed by atoms with Gasteiger partial charge in [-0.05, 0) is 35.6 Å². The number of pyridine rings is 1. The molecule has 5 nitrogen and oxygen atoms in total. The van der Waals surface area contributed by atoms with Crippen LogP contribution in [0.5, 0.6) is 0 Å². The zero-order valence-electron chi connectivity index (χ0n) is 13.7. The highest BCUT2D eigenvalue weighted by molar-refractivity contribution is 7.11. The van der Waals surface area contributed by atoms with Crippen molar-refractivity contribution in [2.24, 2.45) is 0 Å². The first-order valence-corrected chi connectivity index (χ1v) is 8.87. The first kappa shape index (κ1) is 16.7. The lowest BCUT2D eigenvalue weighted by molar-refractivity contribution is 0.0937. The molecule has 0 spiro atoms. The highest BCUT2D eigenvalue weighted by Crippen LogP contribution is 2.27. The van der Waals surface area contributed by atoms with Crippen LogP contribution < -0.4 is 10.2 Å². The largest absolute Gasteiger partial charge is 0.383 e. The van der Waals surface area contributed by atoms with Crippen LogP contribution in [0.3, 0.4) is 0 Å². The van der Waals surface area contributed by atoms with Gasteiger partial charge < -0.3 is 15.0 Å². The summed E-state index contributed by atoms with van der Waals surface area (Å²) < 4.78 is 4.92. The van der Waals surface area contributed by atoms with Crippen LogP contribution >= 0.6 is 11.3 Å². The summed E-state index contributed by atoms with van der Waals surface area (Å²) in [6, 6.07) is 7.99. The van der Waals surface area contributed by atoms with E-state index in [1.165, 1.54) is 10.5 Å². The molecule has 0 fully saturated rings. The third kappa shape index (κ3) is 4.01. The van der Waals surface area contributed by atoms with Crippen LogP contribution in [0.4, 0.5) is 5.82 Å². The van der Waals surface area contributed by atoms with Crippen LogP contribution in [0.15, 0.2) is 41.9 Å². The zero-order valence-corrected chi connectivity index (χ0v) is 14.5. The molecule has 0 saturated carbocycles. The second-order valence-corrected chi connectivity index (χ2v) is 6.50. The molecule has 0 unspecified atom stereocenters. The summed E-state index contributed by atoms with van der Waals surface area (Å²) in [4.78, 5) is 20.0. The molecular formula is C18H21N3O2S. The number of rotatable bonds is 6. The van der Waals surface area contributed by atoms with E-state index in [1.807, 2.05) is 12.1 Å². The third-order valence-electron chi connectivity index (χ3n) is 3.97. The average molecular weight is 343 g/mol. The molecule has 1 N–H and O–H groups in total. The number of methoxy groups -OCH3 is 1. The van der Waals surface area contributed by atoms with Crippen molar-refractivity contribution in [2.75, 3.05) is 38.3 Å². The molecule has 2 aromatic heterocycles. The average Bonchev–Trinajstić information content (AvgIpc) is 3.17. The lowest BCUT2D eigenvalue weighted by Crippen LogP contribution is -2.29. The van der Waals surface area contributed by atoms with E-state index in [-0.39, 0.29) is 5.91 Å². The highest BCUT2D eigenvalue weighted by atomic mass is 32.1. The van der Waals surface area contributed by atoms with E-state index in [0.29, 0.717) is 18.7 Å². The van der Waals surface area contributed by atoms with Gasteiger partial charge in [-0.2, -0.15) is 0 Å². The number of carbonyl (C=O) groups excluding carboxylic acids is 1. The van der Waals surface area contributed by atoms with E-state index in [0.717, 1.165) is 25.3 Å². The van der Waals surface area contributed by atoms with Crippen molar-refractivity contribution < 1.29 is 9.53 Å². The topological polar surface area (TPSA) is 54.5 Å². The monoisotopic (exact) mass is 343 g/mol. The van der Waals surface area contributed by atoms with Crippen molar-refractivity contribution in [3.8, 4) is 0 Å². The molecule has 0 bridgehead atoms. The number of nitrogens with zero attached hydrogens (tertiary/aromatic N) is 2. The number of hydrogen-bond donors (Lipinski definition) is 1. The Morgan fingerprint density at radius 2 is 2.33 bits per heavy atom. The quantitative estimate of drug-likeness (QED) is 0.820. The molecule has 0 radical (unpaired) electrons. The SMILES string of the molecule is COCCNC(=O)c1ccc(N2CC=C(c3cccs3)CC2)nc1. The molecule has 0 aliphatic carbocycles. The molecule has 1 aliphatic rings. The number of thiophene rings is 1. The molecule has 0 aromatic carbocycles. The normalized spacial score (nSPS) is 14.4. The second-order valence-electron chi connectivity index (χ2n) is 5.56. The Hall–Kier alpha value is -2.18. The lowest BCUT2D eigenvalue weighted by atomic mass is 10.1. The molecule has 126 valence electrons. The van der Waals surface area contributed by atoms with Gasteiger partial charge in [-0.3, -0.25) is 4.79 Å². The van der Waals surface area contributed by atoms with Crippen molar-refractivity contribution in [2.45, 2.75) is 6.42 Å². The molecule has 6 heteroatoms. The first-order chi connectivity index (χ1) is 11.8. The van der Waals surface area contributed by atoms with Crippen molar-refractivity contribution >= 4 is 28.6 Å². The van der Waals surface area contributed by atoms with Crippen molar-refractivity contribution in [3.63, 3.8) is 0 Å². The van der Waals surface area contributed by atoms with Crippen LogP contribution in [0.2, 0.25) is 0 Å². The fraction of sp³-hybridized carbons (Fsp3) is 0.333. The third-order valence-corrected chi connectivity index (χ3v) is 4.92. The van der Waals surface area contributed by atoms with Gasteiger partial charge in [0.05, 0.1) is 12.2 Å². The van der Waals surface area contributed by atoms with E-state index >= 15 is 0 Å². The van der Waals surface area contributed by atoms with E-state index < -0.39 is 0 Å². The standard InChI is InChI=1S/C18H21N3O2S/c1-23-11-8-19-18(22)15-4-5-17(20-13-15)21-9-6-14(7-10-21)16-3-2-12-24-16/h2-6,12-13H,7-11H2,1H3,(H,19,22). The van der Waals surface area contributed by atoms with Crippen molar-refractivity contribution in [3.05, 3.63) is 52.4 Å². The van der Waals surface area contributed by atoms with Gasteiger partial charge in [0.2, 0.25) is 0 Å². The van der Waals surface area contributed by atoms with Crippen molar-refractivity contribution in [1.82, 2.24) is 10.3 Å². The van der Waals surface area contributed by atoms with Crippen LogP contribution in [-0.4, -0.2) is 44.2 Å². The molecule has 0 saturated heterocycles. The molecular weight excluding hydrogens is 322 g/mol. The molecule has 24 heavy (non-hydrogen) atoms. The maximum absolute atomic E-state index is 12.0. The fourth-order valence-corrected chi connectivity index (χ4v) is 3.44. The lowest BCUT2D eigenvalue weighted by Gasteiger charge is -2.27. The van der Waals surface area contributed by atoms with Crippen LogP contribution in [0.1, 0.15) is 21.7 Å². The Morgan fingerprint density at radius 1 is 1.42 bits per heavy atom. The fourth-order valence-electron chi connectivity index (χ4n) is 2.64. The van der Waals surface area contributed by atoms with Gasteiger partial charge in [0, 0.05) is 37.8 Å². The Morgan fingerprint density at radius 3 is 2.96 bits per heavy atom. The summed E-state index contributed by atoms with van der Waals surface area (Å²) in [7, 11) is 1.61. The molecule has 1 aliphatic heterocycles. The van der Waals surface area contributed by atoms with Gasteiger partial charge >= 0.3 is 0 Å². The summed E-state index contributed by atoms with van der Waals surface area (Å²) in [5.41, 5.74) is 1.98. The Labute approximate surface area is 146 Å². The zero-order chi connectivity index (χ0) is 16.8. The number of anilines is 1. The Kier molecular flexibility index (Phi) is 5.61. The summed E-state index contributed by atoms with van der Waals surface area (Å²) in [6.07, 6.45) is 4.92. The molecule has 3 rings (SSSR count). The van der Waals surface area contributed by atoms with Crippen LogP contribution in [-0.2, 0) is 4.74 Å². The number of nitrogens with one attached hydrogen (secondary N) is 1. The number of amides is 1. The predicted molar refractivity (Wildman–Crippen MR) is 97.6 cm³/mol. The van der Waals surface area contributed by atoms with Gasteiger partial charge in [-0.25, -0.2) is 4.98 Å².